The Morgan fingerprint density at radius 2 is 1.90 bits per heavy atom. The minimum absolute atomic E-state index is 0.0206. The molecular formula is C18H24F5N5O2. The molecule has 2 atom stereocenters. The highest BCUT2D eigenvalue weighted by atomic mass is 19.4. The lowest BCUT2D eigenvalue weighted by Gasteiger charge is -2.33. The average molecular weight is 437 g/mol. The predicted octanol–water partition coefficient (Wildman–Crippen LogP) is 4.00. The zero-order chi connectivity index (χ0) is 22.7. The topological polar surface area (TPSA) is 64.8 Å². The van der Waals surface area contributed by atoms with Crippen LogP contribution in [0.4, 0.5) is 22.0 Å². The van der Waals surface area contributed by atoms with Crippen molar-refractivity contribution < 1.29 is 31.4 Å². The molecule has 0 saturated heterocycles. The second-order valence-corrected chi connectivity index (χ2v) is 6.76. The van der Waals surface area contributed by atoms with Crippen molar-refractivity contribution in [1.29, 1.82) is 0 Å². The van der Waals surface area contributed by atoms with E-state index in [0.29, 0.717) is 12.8 Å². The van der Waals surface area contributed by atoms with E-state index in [0.717, 1.165) is 11.5 Å². The number of alkyl halides is 5. The summed E-state index contributed by atoms with van der Waals surface area (Å²) in [4.78, 5) is 5.01. The van der Waals surface area contributed by atoms with Gasteiger partial charge in [-0.25, -0.2) is 0 Å². The van der Waals surface area contributed by atoms with Crippen molar-refractivity contribution in [2.75, 3.05) is 14.1 Å². The van der Waals surface area contributed by atoms with Crippen LogP contribution in [0.5, 0.6) is 0 Å². The monoisotopic (exact) mass is 437 g/mol. The second kappa shape index (κ2) is 9.11. The summed E-state index contributed by atoms with van der Waals surface area (Å²) >= 11 is 0. The van der Waals surface area contributed by atoms with Crippen molar-refractivity contribution in [2.45, 2.75) is 57.3 Å². The fourth-order valence-corrected chi connectivity index (χ4v) is 2.47. The lowest BCUT2D eigenvalue weighted by Crippen LogP contribution is -2.36. The van der Waals surface area contributed by atoms with Crippen LogP contribution in [-0.4, -0.2) is 58.4 Å². The maximum atomic E-state index is 14.7. The molecule has 0 N–H and O–H groups in total. The van der Waals surface area contributed by atoms with E-state index >= 15 is 0 Å². The van der Waals surface area contributed by atoms with Crippen molar-refractivity contribution in [3.8, 4) is 0 Å². The van der Waals surface area contributed by atoms with E-state index in [1.165, 1.54) is 44.3 Å². The van der Waals surface area contributed by atoms with Gasteiger partial charge in [-0.15, -0.1) is 10.2 Å². The summed E-state index contributed by atoms with van der Waals surface area (Å²) in [5.41, 5.74) is 0. The maximum Gasteiger partial charge on any atom is 0.425 e. The third kappa shape index (κ3) is 5.55. The molecule has 1 saturated carbocycles. The smallest absolute Gasteiger partial charge is 0.425 e. The molecule has 1 heterocycles. The van der Waals surface area contributed by atoms with Crippen molar-refractivity contribution in [2.24, 2.45) is 4.99 Å². The summed E-state index contributed by atoms with van der Waals surface area (Å²) in [7, 11) is 2.81. The molecule has 0 aliphatic heterocycles. The van der Waals surface area contributed by atoms with E-state index in [9.17, 15) is 22.0 Å². The van der Waals surface area contributed by atoms with E-state index in [-0.39, 0.29) is 11.7 Å². The predicted molar refractivity (Wildman–Crippen MR) is 98.9 cm³/mol. The van der Waals surface area contributed by atoms with Gasteiger partial charge in [0.25, 0.3) is 0 Å². The molecule has 1 aliphatic rings. The molecule has 1 fully saturated rings. The number of hydrogen-bond acceptors (Lipinski definition) is 6. The minimum atomic E-state index is -4.61. The van der Waals surface area contributed by atoms with E-state index in [1.54, 1.807) is 0 Å². The molecule has 168 valence electrons. The third-order valence-corrected chi connectivity index (χ3v) is 4.37. The van der Waals surface area contributed by atoms with Gasteiger partial charge in [0.05, 0.1) is 12.3 Å². The van der Waals surface area contributed by atoms with Crippen LogP contribution < -0.4 is 0 Å². The number of aromatic nitrogens is 3. The summed E-state index contributed by atoms with van der Waals surface area (Å²) in [5.74, 6) is -1.04. The molecule has 2 rings (SSSR count). The fraction of sp³-hybridized carbons (Fsp3) is 0.611. The van der Waals surface area contributed by atoms with E-state index in [4.69, 9.17) is 9.47 Å². The number of ether oxygens (including phenoxy) is 2. The van der Waals surface area contributed by atoms with Gasteiger partial charge < -0.3 is 14.4 Å². The molecule has 0 bridgehead atoms. The molecule has 12 heteroatoms. The largest absolute Gasteiger partial charge is 0.466 e. The number of rotatable bonds is 10. The Morgan fingerprint density at radius 3 is 2.40 bits per heavy atom. The van der Waals surface area contributed by atoms with Crippen LogP contribution in [0, 0.1) is 0 Å². The quantitative estimate of drug-likeness (QED) is 0.240. The zero-order valence-corrected chi connectivity index (χ0v) is 17.0. The normalized spacial score (nSPS) is 17.8. The van der Waals surface area contributed by atoms with Crippen LogP contribution in [0.25, 0.3) is 0 Å². The molecule has 1 aromatic rings. The van der Waals surface area contributed by atoms with Gasteiger partial charge in [0, 0.05) is 14.1 Å². The van der Waals surface area contributed by atoms with Crippen molar-refractivity contribution >= 4 is 6.21 Å². The summed E-state index contributed by atoms with van der Waals surface area (Å²) in [5, 5.41) is 7.28. The summed E-state index contributed by atoms with van der Waals surface area (Å²) in [6.07, 6.45) is -7.38. The lowest BCUT2D eigenvalue weighted by molar-refractivity contribution is -0.263. The van der Waals surface area contributed by atoms with Crippen molar-refractivity contribution in [3.63, 3.8) is 0 Å². The van der Waals surface area contributed by atoms with E-state index in [2.05, 4.69) is 21.8 Å². The Labute approximate surface area is 170 Å². The highest BCUT2D eigenvalue weighted by molar-refractivity contribution is 5.74. The van der Waals surface area contributed by atoms with Gasteiger partial charge in [0.15, 0.2) is 17.8 Å². The first-order valence-electron chi connectivity index (χ1n) is 9.14. The minimum Gasteiger partial charge on any atom is -0.466 e. The summed E-state index contributed by atoms with van der Waals surface area (Å²) < 4.78 is 79.0. The average Bonchev–Trinajstić information content (AvgIpc) is 3.34. The number of hydrogen-bond donors (Lipinski definition) is 0. The van der Waals surface area contributed by atoms with Gasteiger partial charge in [0.1, 0.15) is 6.17 Å². The standard InChI is InChI=1S/C18H24F5N5O2/c1-6-7-15(29-11(2)17(19,20)21)27(5)12(3)28-14(10-24-4)25-26-16(28)18(22,23)30-13-8-9-13/h6-7,10-13H,1,8-9H2,2-5H3/b15-7+,24-10-/t11-,12?/m0/s1. The first kappa shape index (κ1) is 23.8. The van der Waals surface area contributed by atoms with Crippen LogP contribution in [0.3, 0.4) is 0 Å². The molecule has 0 radical (unpaired) electrons. The van der Waals surface area contributed by atoms with Crippen molar-refractivity contribution in [1.82, 2.24) is 19.7 Å². The molecule has 0 spiro atoms. The number of aliphatic imine (C=N–C) groups is 1. The molecule has 0 amide bonds. The highest BCUT2D eigenvalue weighted by Crippen LogP contribution is 2.38. The van der Waals surface area contributed by atoms with Crippen LogP contribution in [0.15, 0.2) is 29.6 Å². The highest BCUT2D eigenvalue weighted by Gasteiger charge is 2.46. The SMILES string of the molecule is C=C/C=C(/O[C@@H](C)C(F)(F)F)N(C)C(C)n1c(/C=N\C)nnc1C(F)(F)OC1CC1. The van der Waals surface area contributed by atoms with Crippen LogP contribution in [0.2, 0.25) is 0 Å². The first-order chi connectivity index (χ1) is 13.9. The molecule has 0 aromatic carbocycles. The molecular weight excluding hydrogens is 413 g/mol. The van der Waals surface area contributed by atoms with Crippen molar-refractivity contribution in [3.05, 3.63) is 36.3 Å². The number of halogens is 5. The van der Waals surface area contributed by atoms with Gasteiger partial charge in [-0.3, -0.25) is 9.56 Å². The van der Waals surface area contributed by atoms with Crippen LogP contribution >= 0.6 is 0 Å². The molecule has 7 nitrogen and oxygen atoms in total. The summed E-state index contributed by atoms with van der Waals surface area (Å²) in [6, 6.07) is 0. The van der Waals surface area contributed by atoms with Gasteiger partial charge in [0.2, 0.25) is 5.82 Å². The Bertz CT molecular complexity index is 801. The molecule has 1 aromatic heterocycles. The molecule has 30 heavy (non-hydrogen) atoms. The fourth-order valence-electron chi connectivity index (χ4n) is 2.47. The molecule has 1 aliphatic carbocycles. The third-order valence-electron chi connectivity index (χ3n) is 4.37. The Kier molecular flexibility index (Phi) is 7.22. The van der Waals surface area contributed by atoms with E-state index < -0.39 is 36.5 Å². The Morgan fingerprint density at radius 1 is 1.27 bits per heavy atom. The van der Waals surface area contributed by atoms with Gasteiger partial charge in [-0.1, -0.05) is 12.7 Å². The Hall–Kier alpha value is -2.50. The Balaban J connectivity index is 2.41. The second-order valence-electron chi connectivity index (χ2n) is 6.76. The van der Waals surface area contributed by atoms with Gasteiger partial charge in [-0.05, 0) is 32.8 Å². The number of nitrogens with zero attached hydrogens (tertiary/aromatic N) is 5. The van der Waals surface area contributed by atoms with E-state index in [1.807, 2.05) is 0 Å². The molecule has 1 unspecified atom stereocenters. The van der Waals surface area contributed by atoms with Crippen LogP contribution in [-0.2, 0) is 15.6 Å². The summed E-state index contributed by atoms with van der Waals surface area (Å²) in [6.45, 7) is 5.78. The van der Waals surface area contributed by atoms with Gasteiger partial charge >= 0.3 is 12.3 Å². The zero-order valence-electron chi connectivity index (χ0n) is 17.0. The van der Waals surface area contributed by atoms with Gasteiger partial charge in [-0.2, -0.15) is 22.0 Å². The van der Waals surface area contributed by atoms with Crippen LogP contribution in [0.1, 0.15) is 44.5 Å². The first-order valence-corrected chi connectivity index (χ1v) is 9.14. The lowest BCUT2D eigenvalue weighted by atomic mass is 10.3. The maximum absolute atomic E-state index is 14.7. The number of allylic oxidation sites excluding steroid dienone is 2.